The smallest absolute Gasteiger partial charge is 0.262 e. The van der Waals surface area contributed by atoms with E-state index >= 15 is 0 Å². The van der Waals surface area contributed by atoms with Gasteiger partial charge < -0.3 is 9.30 Å². The zero-order valence-electron chi connectivity index (χ0n) is 16.1. The van der Waals surface area contributed by atoms with Gasteiger partial charge in [0, 0.05) is 35.1 Å². The minimum Gasteiger partial charge on any atom is -0.477 e. The van der Waals surface area contributed by atoms with Crippen LogP contribution in [0.15, 0.2) is 29.8 Å². The molecule has 142 valence electrons. The number of carbonyl (C=O) groups excluding carboxylic acids is 1. The molecule has 0 atom stereocenters. The highest BCUT2D eigenvalue weighted by Crippen LogP contribution is 2.30. The number of pyridine rings is 1. The fraction of sp³-hybridized carbons (Fsp3) is 0.350. The van der Waals surface area contributed by atoms with E-state index in [9.17, 15) is 4.79 Å². The molecular formula is C20H24N4O2S. The van der Waals surface area contributed by atoms with Crippen LogP contribution in [0, 0.1) is 13.8 Å². The van der Waals surface area contributed by atoms with Crippen molar-refractivity contribution in [1.82, 2.24) is 14.5 Å². The van der Waals surface area contributed by atoms with Crippen LogP contribution in [0.4, 0.5) is 5.13 Å². The number of nitrogens with zero attached hydrogens (tertiary/aromatic N) is 3. The molecule has 6 nitrogen and oxygen atoms in total. The second-order valence-electron chi connectivity index (χ2n) is 6.22. The van der Waals surface area contributed by atoms with E-state index in [0.29, 0.717) is 23.2 Å². The van der Waals surface area contributed by atoms with E-state index in [2.05, 4.69) is 46.7 Å². The van der Waals surface area contributed by atoms with E-state index in [0.717, 1.165) is 24.2 Å². The van der Waals surface area contributed by atoms with Crippen molar-refractivity contribution >= 4 is 22.4 Å². The van der Waals surface area contributed by atoms with E-state index in [4.69, 9.17) is 4.74 Å². The molecule has 0 bridgehead atoms. The summed E-state index contributed by atoms with van der Waals surface area (Å²) in [4.78, 5) is 21.3. The number of aromatic nitrogens is 3. The Hall–Kier alpha value is -2.67. The summed E-state index contributed by atoms with van der Waals surface area (Å²) >= 11 is 1.41. The van der Waals surface area contributed by atoms with Gasteiger partial charge in [0.25, 0.3) is 5.91 Å². The van der Waals surface area contributed by atoms with Gasteiger partial charge in [0.15, 0.2) is 5.13 Å². The minimum absolute atomic E-state index is 0.274. The van der Waals surface area contributed by atoms with Gasteiger partial charge in [-0.05, 0) is 45.4 Å². The number of amides is 1. The van der Waals surface area contributed by atoms with Crippen LogP contribution in [-0.2, 0) is 6.54 Å². The van der Waals surface area contributed by atoms with E-state index in [-0.39, 0.29) is 5.91 Å². The molecule has 0 saturated heterocycles. The molecule has 0 aliphatic heterocycles. The van der Waals surface area contributed by atoms with Gasteiger partial charge in [-0.3, -0.25) is 10.1 Å². The molecule has 3 rings (SSSR count). The van der Waals surface area contributed by atoms with Crippen LogP contribution in [0.5, 0.6) is 5.88 Å². The Labute approximate surface area is 163 Å². The second-order valence-corrected chi connectivity index (χ2v) is 7.08. The molecule has 0 aromatic carbocycles. The van der Waals surface area contributed by atoms with Gasteiger partial charge in [-0.25, -0.2) is 9.97 Å². The fourth-order valence-corrected chi connectivity index (χ4v) is 3.77. The van der Waals surface area contributed by atoms with Crippen molar-refractivity contribution in [3.05, 3.63) is 46.7 Å². The first kappa shape index (κ1) is 19.1. The summed E-state index contributed by atoms with van der Waals surface area (Å²) in [5.74, 6) is 0.0568. The predicted octanol–water partition coefficient (Wildman–Crippen LogP) is 4.68. The van der Waals surface area contributed by atoms with Crippen molar-refractivity contribution in [3.63, 3.8) is 0 Å². The van der Waals surface area contributed by atoms with Crippen LogP contribution in [0.3, 0.4) is 0 Å². The maximum Gasteiger partial charge on any atom is 0.262 e. The van der Waals surface area contributed by atoms with Gasteiger partial charge in [0.2, 0.25) is 5.88 Å². The number of ether oxygens (including phenoxy) is 1. The molecule has 0 unspecified atom stereocenters. The number of aryl methyl sites for hydroxylation is 1. The van der Waals surface area contributed by atoms with Gasteiger partial charge in [-0.2, -0.15) is 0 Å². The Bertz CT molecular complexity index is 945. The topological polar surface area (TPSA) is 69.0 Å². The van der Waals surface area contributed by atoms with Gasteiger partial charge >= 0.3 is 0 Å². The molecular weight excluding hydrogens is 360 g/mol. The molecule has 0 spiro atoms. The molecule has 3 aromatic rings. The SMILES string of the molecule is CCCn1c(C)cc(-c2csc(NC(=O)c3cccnc3OCC)n2)c1C. The highest BCUT2D eigenvalue weighted by molar-refractivity contribution is 7.14. The largest absolute Gasteiger partial charge is 0.477 e. The normalized spacial score (nSPS) is 10.8. The lowest BCUT2D eigenvalue weighted by molar-refractivity contribution is 0.102. The van der Waals surface area contributed by atoms with E-state index in [1.54, 1.807) is 18.3 Å². The second kappa shape index (κ2) is 8.35. The Kier molecular flexibility index (Phi) is 5.91. The van der Waals surface area contributed by atoms with Crippen molar-refractivity contribution in [3.8, 4) is 17.1 Å². The monoisotopic (exact) mass is 384 g/mol. The highest BCUT2D eigenvalue weighted by Gasteiger charge is 2.17. The van der Waals surface area contributed by atoms with Crippen LogP contribution in [0.1, 0.15) is 42.0 Å². The summed E-state index contributed by atoms with van der Waals surface area (Å²) in [6.45, 7) is 9.69. The third kappa shape index (κ3) is 4.03. The summed E-state index contributed by atoms with van der Waals surface area (Å²) in [6.07, 6.45) is 2.69. The van der Waals surface area contributed by atoms with Crippen molar-refractivity contribution in [2.24, 2.45) is 0 Å². The summed E-state index contributed by atoms with van der Waals surface area (Å²) in [5.41, 5.74) is 4.80. The van der Waals surface area contributed by atoms with Crippen molar-refractivity contribution < 1.29 is 9.53 Å². The Morgan fingerprint density at radius 1 is 1.33 bits per heavy atom. The summed E-state index contributed by atoms with van der Waals surface area (Å²) in [5, 5.41) is 5.38. The molecule has 0 saturated carbocycles. The Morgan fingerprint density at radius 3 is 2.89 bits per heavy atom. The van der Waals surface area contributed by atoms with Gasteiger partial charge in [0.05, 0.1) is 12.3 Å². The van der Waals surface area contributed by atoms with Gasteiger partial charge in [0.1, 0.15) is 5.56 Å². The lowest BCUT2D eigenvalue weighted by atomic mass is 10.2. The molecule has 27 heavy (non-hydrogen) atoms. The molecule has 1 amide bonds. The average Bonchev–Trinajstić information content (AvgIpc) is 3.22. The Morgan fingerprint density at radius 2 is 2.15 bits per heavy atom. The average molecular weight is 385 g/mol. The summed E-state index contributed by atoms with van der Waals surface area (Å²) in [7, 11) is 0. The third-order valence-electron chi connectivity index (χ3n) is 4.32. The predicted molar refractivity (Wildman–Crippen MR) is 109 cm³/mol. The zero-order valence-corrected chi connectivity index (χ0v) is 16.9. The summed E-state index contributed by atoms with van der Waals surface area (Å²) in [6, 6.07) is 5.56. The van der Waals surface area contributed by atoms with E-state index in [1.165, 1.54) is 22.7 Å². The molecule has 3 aromatic heterocycles. The number of thiazole rings is 1. The summed E-state index contributed by atoms with van der Waals surface area (Å²) < 4.78 is 7.74. The van der Waals surface area contributed by atoms with E-state index in [1.807, 2.05) is 12.3 Å². The molecule has 0 aliphatic carbocycles. The standard InChI is InChI=1S/C20H24N4O2S/c1-5-10-24-13(3)11-16(14(24)4)17-12-27-20(22-17)23-18(25)15-8-7-9-21-19(15)26-6-2/h7-9,11-12H,5-6,10H2,1-4H3,(H,22,23,25). The quantitative estimate of drug-likeness (QED) is 0.642. The molecule has 7 heteroatoms. The van der Waals surface area contributed by atoms with Gasteiger partial charge in [-0.1, -0.05) is 6.92 Å². The van der Waals surface area contributed by atoms with Crippen LogP contribution >= 0.6 is 11.3 Å². The van der Waals surface area contributed by atoms with E-state index < -0.39 is 0 Å². The number of hydrogen-bond acceptors (Lipinski definition) is 5. The zero-order chi connectivity index (χ0) is 19.4. The van der Waals surface area contributed by atoms with Crippen LogP contribution < -0.4 is 10.1 Å². The first-order valence-corrected chi connectivity index (χ1v) is 9.94. The molecule has 0 fully saturated rings. The molecule has 0 aliphatic rings. The van der Waals surface area contributed by atoms with Crippen LogP contribution in [0.25, 0.3) is 11.3 Å². The van der Waals surface area contributed by atoms with Crippen molar-refractivity contribution in [2.75, 3.05) is 11.9 Å². The fourth-order valence-electron chi connectivity index (χ4n) is 3.06. The number of anilines is 1. The number of nitrogens with one attached hydrogen (secondary N) is 1. The highest BCUT2D eigenvalue weighted by atomic mass is 32.1. The third-order valence-corrected chi connectivity index (χ3v) is 5.08. The maximum absolute atomic E-state index is 12.6. The van der Waals surface area contributed by atoms with Crippen molar-refractivity contribution in [2.45, 2.75) is 40.7 Å². The minimum atomic E-state index is -0.274. The maximum atomic E-state index is 12.6. The first-order valence-electron chi connectivity index (χ1n) is 9.06. The number of hydrogen-bond donors (Lipinski definition) is 1. The number of carbonyl (C=O) groups is 1. The first-order chi connectivity index (χ1) is 13.0. The van der Waals surface area contributed by atoms with Crippen LogP contribution in [-0.4, -0.2) is 27.0 Å². The Balaban J connectivity index is 1.81. The molecule has 0 radical (unpaired) electrons. The lowest BCUT2D eigenvalue weighted by Crippen LogP contribution is -2.14. The lowest BCUT2D eigenvalue weighted by Gasteiger charge is -2.08. The molecule has 1 N–H and O–H groups in total. The van der Waals surface area contributed by atoms with Crippen LogP contribution in [0.2, 0.25) is 0 Å². The van der Waals surface area contributed by atoms with Gasteiger partial charge in [-0.15, -0.1) is 11.3 Å². The molecule has 3 heterocycles. The van der Waals surface area contributed by atoms with Crippen molar-refractivity contribution in [1.29, 1.82) is 0 Å². The number of rotatable bonds is 7.